The van der Waals surface area contributed by atoms with Gasteiger partial charge in [-0.3, -0.25) is 9.98 Å². The lowest BCUT2D eigenvalue weighted by atomic mass is 9.76. The summed E-state index contributed by atoms with van der Waals surface area (Å²) in [6.07, 6.45) is 0. The van der Waals surface area contributed by atoms with Crippen LogP contribution in [0.5, 0.6) is 11.5 Å². The topological polar surface area (TPSA) is 40.4 Å². The highest BCUT2D eigenvalue weighted by Gasteiger charge is 2.47. The fourth-order valence-electron chi connectivity index (χ4n) is 7.05. The second-order valence-electron chi connectivity index (χ2n) is 19.0. The molecule has 0 aromatic heterocycles. The summed E-state index contributed by atoms with van der Waals surface area (Å²) in [5, 5.41) is 2.37. The monoisotopic (exact) mass is 792 g/mol. The lowest BCUT2D eigenvalue weighted by Gasteiger charge is -2.49. The molecule has 4 aromatic carbocycles. The van der Waals surface area contributed by atoms with Crippen LogP contribution in [0.2, 0.25) is 0 Å². The molecule has 0 fully saturated rings. The van der Waals surface area contributed by atoms with Gasteiger partial charge in [-0.15, -0.1) is 17.6 Å². The van der Waals surface area contributed by atoms with Gasteiger partial charge >= 0.3 is 0 Å². The Kier molecular flexibility index (Phi) is 11.8. The van der Waals surface area contributed by atoms with Crippen molar-refractivity contribution in [1.29, 1.82) is 0 Å². The molecule has 1 aliphatic heterocycles. The zero-order valence-electron chi connectivity index (χ0n) is 35.1. The van der Waals surface area contributed by atoms with Gasteiger partial charge in [0.05, 0.1) is 11.1 Å². The highest BCUT2D eigenvalue weighted by molar-refractivity contribution is 8.02. The van der Waals surface area contributed by atoms with Crippen molar-refractivity contribution in [2.24, 2.45) is 9.98 Å². The number of amidine groups is 2. The molecular weight excluding hydrogens is 731 g/mol. The first-order valence-corrected chi connectivity index (χ1v) is 25.5. The van der Waals surface area contributed by atoms with Gasteiger partial charge in [-0.1, -0.05) is 111 Å². The molecule has 0 aliphatic carbocycles. The lowest BCUT2D eigenvalue weighted by molar-refractivity contribution is 0.353. The number of aliphatic imine (C=N–C) groups is 2. The van der Waals surface area contributed by atoms with E-state index in [4.69, 9.17) is 14.7 Å². The summed E-state index contributed by atoms with van der Waals surface area (Å²) in [6.45, 7) is 31.5. The molecule has 0 spiro atoms. The summed E-state index contributed by atoms with van der Waals surface area (Å²) in [6, 6.07) is 34.7. The Morgan fingerprint density at radius 3 is 1.54 bits per heavy atom. The van der Waals surface area contributed by atoms with Crippen LogP contribution in [0.4, 0.5) is 0 Å². The van der Waals surface area contributed by atoms with E-state index in [-0.39, 0.29) is 37.3 Å². The Balaban J connectivity index is 1.71. The van der Waals surface area contributed by atoms with E-state index in [1.54, 1.807) is 0 Å². The van der Waals surface area contributed by atoms with Crippen molar-refractivity contribution in [3.63, 3.8) is 0 Å². The maximum Gasteiger partial charge on any atom is 0.233 e. The molecule has 5 rings (SSSR count). The minimum absolute atomic E-state index is 0.218. The van der Waals surface area contributed by atoms with Gasteiger partial charge in [0, 0.05) is 49.1 Å². The van der Waals surface area contributed by atoms with Crippen LogP contribution >= 0.6 is 17.6 Å². The predicted molar refractivity (Wildman–Crippen MR) is 244 cm³/mol. The first kappa shape index (κ1) is 42.1. The molecule has 5 nitrogen and oxygen atoms in total. The summed E-state index contributed by atoms with van der Waals surface area (Å²) in [7, 11) is 4.20. The van der Waals surface area contributed by atoms with Crippen molar-refractivity contribution in [2.75, 3.05) is 0 Å². The molecule has 1 aliphatic rings. The number of benzene rings is 4. The van der Waals surface area contributed by atoms with E-state index in [2.05, 4.69) is 221 Å². The number of hydrogen-bond donors (Lipinski definition) is 0. The molecule has 2 unspecified atom stereocenters. The van der Waals surface area contributed by atoms with E-state index in [0.29, 0.717) is 0 Å². The molecule has 4 aromatic rings. The third kappa shape index (κ3) is 9.13. The van der Waals surface area contributed by atoms with Gasteiger partial charge in [0.2, 0.25) is 17.3 Å². The van der Waals surface area contributed by atoms with Gasteiger partial charge in [0.15, 0.2) is 0 Å². The molecule has 1 heterocycles. The molecule has 0 saturated heterocycles. The lowest BCUT2D eigenvalue weighted by Crippen LogP contribution is -2.63. The normalized spacial score (nSPS) is 15.3. The minimum atomic E-state index is -2.74. The smallest absolute Gasteiger partial charge is 0.233 e. The third-order valence-corrected chi connectivity index (χ3v) is 17.4. The van der Waals surface area contributed by atoms with Gasteiger partial charge < -0.3 is 13.9 Å². The predicted octanol–water partition coefficient (Wildman–Crippen LogP) is 9.95. The second-order valence-corrected chi connectivity index (χ2v) is 30.1. The summed E-state index contributed by atoms with van der Waals surface area (Å²) in [4.78, 5) is 10.8. The van der Waals surface area contributed by atoms with Crippen molar-refractivity contribution in [3.8, 4) is 11.5 Å². The average molecular weight is 793 g/mol. The molecule has 286 valence electrons. The Labute approximate surface area is 334 Å². The van der Waals surface area contributed by atoms with Crippen molar-refractivity contribution in [2.45, 2.75) is 125 Å². The van der Waals surface area contributed by atoms with Crippen LogP contribution in [-0.2, 0) is 5.41 Å². The zero-order valence-corrected chi connectivity index (χ0v) is 39.4. The van der Waals surface area contributed by atoms with Crippen molar-refractivity contribution >= 4 is 56.9 Å². The van der Waals surface area contributed by atoms with Crippen molar-refractivity contribution in [1.82, 2.24) is 9.13 Å². The first-order chi connectivity index (χ1) is 24.8. The molecular formula is C45H62N4OP2Si2. The van der Waals surface area contributed by atoms with Crippen molar-refractivity contribution < 1.29 is 4.74 Å². The molecule has 0 bridgehead atoms. The second kappa shape index (κ2) is 15.1. The van der Waals surface area contributed by atoms with E-state index in [1.165, 1.54) is 21.5 Å². The van der Waals surface area contributed by atoms with Gasteiger partial charge in [-0.2, -0.15) is 0 Å². The van der Waals surface area contributed by atoms with E-state index >= 15 is 0 Å². The van der Waals surface area contributed by atoms with Crippen LogP contribution in [0, 0.1) is 0 Å². The number of fused-ring (bicyclic) bond motifs is 2. The van der Waals surface area contributed by atoms with Gasteiger partial charge in [-0.05, 0) is 83.1 Å². The standard InChI is InChI=1S/C45H62N4OP2Si2/c1-41(2,3)46-39(31-23-17-15-18-24-31)48(43(7,8)9)53-35-29-21-27-33-37(35)50-38-34(45(33,13)14)28-22-30-36(38)54(51,52)49(44(10,11)12)40(47-42(4,5)6)32-25-19-16-20-26-32/h15-30H,51-52H2,1-14H3. The van der Waals surface area contributed by atoms with E-state index < -0.39 is 7.57 Å². The summed E-state index contributed by atoms with van der Waals surface area (Å²) in [5.41, 5.74) is 3.29. The zero-order chi connectivity index (χ0) is 40.1. The quantitative estimate of drug-likeness (QED) is 0.0846. The Morgan fingerprint density at radius 2 is 1.06 bits per heavy atom. The Bertz CT molecular complexity index is 2020. The molecule has 0 amide bonds. The summed E-state index contributed by atoms with van der Waals surface area (Å²) < 4.78 is 12.4. The van der Waals surface area contributed by atoms with Gasteiger partial charge in [-0.25, -0.2) is 0 Å². The van der Waals surface area contributed by atoms with Crippen LogP contribution in [0.1, 0.15) is 119 Å². The molecule has 9 heteroatoms. The number of ether oxygens (including phenoxy) is 1. The SMILES string of the molecule is CC(C)(C)N=C(c1ccccc1)N([Si]c1cccc2c1Oc1c(cccc1[Si](P)(P)N(C(=NC(C)(C)C)c1ccccc1)C(C)(C)C)C2(C)C)C(C)(C)C. The van der Waals surface area contributed by atoms with Crippen molar-refractivity contribution in [3.05, 3.63) is 119 Å². The first-order valence-electron chi connectivity index (χ1n) is 19.0. The molecule has 2 radical (unpaired) electrons. The fourth-order valence-corrected chi connectivity index (χ4v) is 15.6. The average Bonchev–Trinajstić information content (AvgIpc) is 3.04. The maximum atomic E-state index is 7.39. The molecule has 54 heavy (non-hydrogen) atoms. The maximum absolute atomic E-state index is 7.39. The van der Waals surface area contributed by atoms with E-state index in [0.717, 1.165) is 34.3 Å². The highest BCUT2D eigenvalue weighted by atomic mass is 31.6. The van der Waals surface area contributed by atoms with Crippen LogP contribution < -0.4 is 15.1 Å². The molecule has 0 saturated carbocycles. The van der Waals surface area contributed by atoms with E-state index in [9.17, 15) is 0 Å². The summed E-state index contributed by atoms with van der Waals surface area (Å²) in [5.74, 6) is 3.90. The third-order valence-electron chi connectivity index (χ3n) is 9.33. The van der Waals surface area contributed by atoms with Crippen LogP contribution in [0.25, 0.3) is 0 Å². The van der Waals surface area contributed by atoms with E-state index in [1.807, 2.05) is 0 Å². The Hall–Kier alpha value is -3.09. The molecule has 0 N–H and O–H groups in total. The number of para-hydroxylation sites is 2. The Morgan fingerprint density at radius 1 is 0.593 bits per heavy atom. The fraction of sp³-hybridized carbons (Fsp3) is 0.422. The largest absolute Gasteiger partial charge is 0.457 e. The number of hydrogen-bond acceptors (Lipinski definition) is 3. The van der Waals surface area contributed by atoms with Crippen LogP contribution in [0.3, 0.4) is 0 Å². The van der Waals surface area contributed by atoms with Gasteiger partial charge in [0.1, 0.15) is 23.2 Å². The minimum Gasteiger partial charge on any atom is -0.457 e. The highest BCUT2D eigenvalue weighted by Crippen LogP contribution is 2.48. The van der Waals surface area contributed by atoms with Crippen LogP contribution in [-0.4, -0.2) is 60.2 Å². The molecule has 2 atom stereocenters. The van der Waals surface area contributed by atoms with Gasteiger partial charge in [0.25, 0.3) is 0 Å². The van der Waals surface area contributed by atoms with Crippen LogP contribution in [0.15, 0.2) is 107 Å². The number of nitrogens with zero attached hydrogens (tertiary/aromatic N) is 4. The summed E-state index contributed by atoms with van der Waals surface area (Å²) >= 11 is 0. The number of rotatable bonds is 6.